The lowest BCUT2D eigenvalue weighted by Gasteiger charge is -2.13. The summed E-state index contributed by atoms with van der Waals surface area (Å²) in [6.07, 6.45) is 12.2. The van der Waals surface area contributed by atoms with Gasteiger partial charge in [0.05, 0.1) is 25.0 Å². The summed E-state index contributed by atoms with van der Waals surface area (Å²) in [6, 6.07) is 30.6. The van der Waals surface area contributed by atoms with Gasteiger partial charge < -0.3 is 20.5 Å². The number of amides is 2. The van der Waals surface area contributed by atoms with Crippen LogP contribution in [0.5, 0.6) is 11.5 Å². The van der Waals surface area contributed by atoms with Crippen LogP contribution in [-0.2, 0) is 11.4 Å². The van der Waals surface area contributed by atoms with Gasteiger partial charge in [-0.25, -0.2) is 0 Å². The number of para-hydroxylation sites is 2. The Morgan fingerprint density at radius 3 is 2.06 bits per heavy atom. The van der Waals surface area contributed by atoms with Crippen molar-refractivity contribution < 1.29 is 24.3 Å². The number of carbonyl (C=O) groups is 2. The zero-order chi connectivity index (χ0) is 38.0. The van der Waals surface area contributed by atoms with Gasteiger partial charge in [-0.1, -0.05) is 113 Å². The number of aromatic hydroxyl groups is 1. The van der Waals surface area contributed by atoms with Crippen LogP contribution in [0, 0.1) is 0 Å². The van der Waals surface area contributed by atoms with Crippen molar-refractivity contribution >= 4 is 45.3 Å². The SMILES string of the molecule is CCCCCCCCCCCCNC(=O)c1ccc2c(N=Nc3cc(CONc4ccccc4)ccc3OC)c(O)c(C(=O)Nc3ccccc3)cc2c1. The lowest BCUT2D eigenvalue weighted by molar-refractivity contribution is 0.0952. The van der Waals surface area contributed by atoms with Crippen molar-refractivity contribution in [1.82, 2.24) is 5.32 Å². The van der Waals surface area contributed by atoms with E-state index in [9.17, 15) is 14.7 Å². The Hall–Kier alpha value is -5.74. The first-order valence-electron chi connectivity index (χ1n) is 18.9. The molecule has 0 bridgehead atoms. The van der Waals surface area contributed by atoms with Crippen molar-refractivity contribution in [2.24, 2.45) is 10.2 Å². The maximum absolute atomic E-state index is 13.5. The number of phenols is 1. The molecule has 0 unspecified atom stereocenters. The highest BCUT2D eigenvalue weighted by molar-refractivity contribution is 6.12. The summed E-state index contributed by atoms with van der Waals surface area (Å²) in [5, 5.41) is 27.4. The van der Waals surface area contributed by atoms with Crippen LogP contribution in [0.3, 0.4) is 0 Å². The Morgan fingerprint density at radius 2 is 1.37 bits per heavy atom. The number of azo groups is 1. The van der Waals surface area contributed by atoms with Crippen LogP contribution < -0.4 is 20.9 Å². The molecule has 54 heavy (non-hydrogen) atoms. The summed E-state index contributed by atoms with van der Waals surface area (Å²) in [4.78, 5) is 32.4. The van der Waals surface area contributed by atoms with E-state index in [2.05, 4.69) is 33.3 Å². The molecule has 0 aliphatic rings. The second-order valence-corrected chi connectivity index (χ2v) is 13.3. The summed E-state index contributed by atoms with van der Waals surface area (Å²) >= 11 is 0. The molecule has 5 rings (SSSR count). The standard InChI is InChI=1S/C44H51N5O5/c1-3-4-5-6-7-8-9-10-11-18-27-45-43(51)33-24-25-37-34(29-33)30-38(44(52)46-35-19-14-12-15-20-35)42(50)41(37)48-47-39-28-32(23-26-40(39)53-2)31-54-49-36-21-16-13-17-22-36/h12-17,19-26,28-30,49-50H,3-11,18,27,31H2,1-2H3,(H,45,51)(H,46,52). The molecule has 0 heterocycles. The Morgan fingerprint density at radius 1 is 0.704 bits per heavy atom. The Labute approximate surface area is 318 Å². The number of nitrogens with zero attached hydrogens (tertiary/aromatic N) is 2. The molecule has 4 N–H and O–H groups in total. The molecule has 0 aromatic heterocycles. The number of benzene rings is 5. The maximum atomic E-state index is 13.5. The molecule has 0 saturated heterocycles. The van der Waals surface area contributed by atoms with Crippen LogP contribution in [0.4, 0.5) is 22.7 Å². The predicted molar refractivity (Wildman–Crippen MR) is 216 cm³/mol. The molecular formula is C44H51N5O5. The monoisotopic (exact) mass is 729 g/mol. The van der Waals surface area contributed by atoms with Crippen molar-refractivity contribution in [2.45, 2.75) is 77.7 Å². The number of methoxy groups -OCH3 is 1. The lowest BCUT2D eigenvalue weighted by Crippen LogP contribution is -2.24. The fraction of sp³-hybridized carbons (Fsp3) is 0.318. The zero-order valence-electron chi connectivity index (χ0n) is 31.3. The van der Waals surface area contributed by atoms with E-state index in [1.807, 2.05) is 42.5 Å². The van der Waals surface area contributed by atoms with Gasteiger partial charge >= 0.3 is 0 Å². The molecule has 5 aromatic carbocycles. The minimum Gasteiger partial charge on any atom is -0.505 e. The average molecular weight is 730 g/mol. The number of carbonyl (C=O) groups excluding carboxylic acids is 2. The van der Waals surface area contributed by atoms with Crippen molar-refractivity contribution in [2.75, 3.05) is 24.5 Å². The molecular weight excluding hydrogens is 679 g/mol. The van der Waals surface area contributed by atoms with E-state index in [4.69, 9.17) is 9.57 Å². The maximum Gasteiger partial charge on any atom is 0.259 e. The molecule has 0 radical (unpaired) electrons. The first-order valence-corrected chi connectivity index (χ1v) is 18.9. The minimum absolute atomic E-state index is 0.00988. The molecule has 282 valence electrons. The van der Waals surface area contributed by atoms with E-state index < -0.39 is 5.91 Å². The van der Waals surface area contributed by atoms with E-state index in [0.29, 0.717) is 40.0 Å². The number of nitrogens with one attached hydrogen (secondary N) is 3. The second-order valence-electron chi connectivity index (χ2n) is 13.3. The van der Waals surface area contributed by atoms with Crippen molar-refractivity contribution in [3.05, 3.63) is 120 Å². The van der Waals surface area contributed by atoms with E-state index in [0.717, 1.165) is 24.1 Å². The molecule has 0 aliphatic heterocycles. The van der Waals surface area contributed by atoms with Gasteiger partial charge in [0, 0.05) is 23.2 Å². The summed E-state index contributed by atoms with van der Waals surface area (Å²) in [6.45, 7) is 3.05. The Bertz CT molecular complexity index is 1980. The van der Waals surface area contributed by atoms with E-state index in [1.54, 1.807) is 60.7 Å². The molecule has 0 saturated carbocycles. The van der Waals surface area contributed by atoms with Gasteiger partial charge in [-0.05, 0) is 72.0 Å². The van der Waals surface area contributed by atoms with E-state index in [1.165, 1.54) is 58.5 Å². The van der Waals surface area contributed by atoms with Gasteiger partial charge in [-0.2, -0.15) is 0 Å². The predicted octanol–water partition coefficient (Wildman–Crippen LogP) is 11.4. The summed E-state index contributed by atoms with van der Waals surface area (Å²) in [5.74, 6) is -0.620. The van der Waals surface area contributed by atoms with Crippen LogP contribution in [0.25, 0.3) is 10.8 Å². The normalized spacial score (nSPS) is 11.1. The molecule has 2 amide bonds. The molecule has 10 nitrogen and oxygen atoms in total. The van der Waals surface area contributed by atoms with E-state index in [-0.39, 0.29) is 29.5 Å². The third-order valence-corrected chi connectivity index (χ3v) is 9.14. The Balaban J connectivity index is 1.33. The van der Waals surface area contributed by atoms with Crippen LogP contribution >= 0.6 is 0 Å². The van der Waals surface area contributed by atoms with Crippen molar-refractivity contribution in [3.8, 4) is 11.5 Å². The number of rotatable bonds is 21. The highest BCUT2D eigenvalue weighted by Crippen LogP contribution is 2.41. The van der Waals surface area contributed by atoms with E-state index >= 15 is 0 Å². The summed E-state index contributed by atoms with van der Waals surface area (Å²) in [7, 11) is 1.53. The molecule has 0 fully saturated rings. The van der Waals surface area contributed by atoms with Crippen molar-refractivity contribution in [3.63, 3.8) is 0 Å². The number of anilines is 2. The highest BCUT2D eigenvalue weighted by atomic mass is 16.6. The third kappa shape index (κ3) is 11.6. The lowest BCUT2D eigenvalue weighted by atomic mass is 10.0. The smallest absolute Gasteiger partial charge is 0.259 e. The van der Waals surface area contributed by atoms with Crippen LogP contribution in [0.2, 0.25) is 0 Å². The molecule has 5 aromatic rings. The van der Waals surface area contributed by atoms with Crippen LogP contribution in [-0.4, -0.2) is 30.6 Å². The number of hydrogen-bond acceptors (Lipinski definition) is 8. The average Bonchev–Trinajstić information content (AvgIpc) is 3.20. The number of fused-ring (bicyclic) bond motifs is 1. The number of ether oxygens (including phenoxy) is 1. The van der Waals surface area contributed by atoms with Gasteiger partial charge in [0.15, 0.2) is 5.75 Å². The number of unbranched alkanes of at least 4 members (excludes halogenated alkanes) is 9. The largest absolute Gasteiger partial charge is 0.505 e. The number of hydrogen-bond donors (Lipinski definition) is 4. The van der Waals surface area contributed by atoms with Gasteiger partial charge in [-0.3, -0.25) is 19.9 Å². The van der Waals surface area contributed by atoms with Crippen LogP contribution in [0.15, 0.2) is 113 Å². The quantitative estimate of drug-likeness (QED) is 0.0337. The fourth-order valence-corrected chi connectivity index (χ4v) is 6.14. The highest BCUT2D eigenvalue weighted by Gasteiger charge is 2.20. The Kier molecular flexibility index (Phi) is 15.4. The molecule has 10 heteroatoms. The molecule has 0 aliphatic carbocycles. The molecule has 0 spiro atoms. The van der Waals surface area contributed by atoms with Gasteiger partial charge in [0.2, 0.25) is 0 Å². The van der Waals surface area contributed by atoms with Gasteiger partial charge in [0.1, 0.15) is 17.1 Å². The number of phenolic OH excluding ortho intramolecular Hbond substituents is 1. The second kappa shape index (κ2) is 21.1. The third-order valence-electron chi connectivity index (χ3n) is 9.14. The zero-order valence-corrected chi connectivity index (χ0v) is 31.3. The van der Waals surface area contributed by atoms with Gasteiger partial charge in [-0.15, -0.1) is 10.2 Å². The summed E-state index contributed by atoms with van der Waals surface area (Å²) < 4.78 is 5.55. The molecule has 0 atom stereocenters. The first kappa shape index (κ1) is 39.5. The van der Waals surface area contributed by atoms with Gasteiger partial charge in [0.25, 0.3) is 11.8 Å². The first-order chi connectivity index (χ1) is 26.5. The van der Waals surface area contributed by atoms with Crippen molar-refractivity contribution in [1.29, 1.82) is 0 Å². The fourth-order valence-electron chi connectivity index (χ4n) is 6.14. The minimum atomic E-state index is -0.532. The summed E-state index contributed by atoms with van der Waals surface area (Å²) in [5.41, 5.74) is 6.01. The topological polar surface area (TPSA) is 134 Å². The van der Waals surface area contributed by atoms with Crippen LogP contribution in [0.1, 0.15) is 97.4 Å².